The van der Waals surface area contributed by atoms with E-state index in [9.17, 15) is 4.21 Å². The second-order valence-electron chi connectivity index (χ2n) is 3.98. The molecule has 0 aliphatic rings. The summed E-state index contributed by atoms with van der Waals surface area (Å²) in [6.45, 7) is 0. The molecule has 0 spiro atoms. The molecule has 96 valence electrons. The van der Waals surface area contributed by atoms with E-state index in [1.165, 1.54) is 0 Å². The summed E-state index contributed by atoms with van der Waals surface area (Å²) in [7, 11) is 0.468. The number of rotatable bonds is 4. The number of hydrogen-bond donors (Lipinski definition) is 0. The van der Waals surface area contributed by atoms with Crippen molar-refractivity contribution in [3.63, 3.8) is 0 Å². The van der Waals surface area contributed by atoms with Gasteiger partial charge in [0.15, 0.2) is 0 Å². The molecular weight excluding hydrogens is 258 g/mol. The number of hydrogen-bond acceptors (Lipinski definition) is 3. The van der Waals surface area contributed by atoms with Gasteiger partial charge in [-0.3, -0.25) is 4.21 Å². The average Bonchev–Trinajstić information content (AvgIpc) is 2.48. The molecule has 0 amide bonds. The van der Waals surface area contributed by atoms with Crippen LogP contribution in [0.4, 0.5) is 0 Å². The zero-order valence-corrected chi connectivity index (χ0v) is 11.3. The van der Waals surface area contributed by atoms with Crippen LogP contribution in [0.25, 0.3) is 0 Å². The maximum atomic E-state index is 12.2. The smallest absolute Gasteiger partial charge is 0.120 e. The number of benzene rings is 2. The lowest BCUT2D eigenvalue weighted by molar-refractivity contribution is 0.413. The van der Waals surface area contributed by atoms with E-state index in [1.54, 1.807) is 25.3 Å². The average molecular weight is 271 g/mol. The fourth-order valence-corrected chi connectivity index (χ4v) is 2.79. The molecule has 1 unspecified atom stereocenters. The molecule has 3 nitrogen and oxygen atoms in total. The molecule has 0 fully saturated rings. The first-order valence-electron chi connectivity index (χ1n) is 5.74. The van der Waals surface area contributed by atoms with Crippen molar-refractivity contribution in [3.8, 4) is 11.8 Å². The van der Waals surface area contributed by atoms with Crippen molar-refractivity contribution >= 4 is 10.8 Å². The molecule has 4 heteroatoms. The Labute approximate surface area is 114 Å². The summed E-state index contributed by atoms with van der Waals surface area (Å²) >= 11 is 0. The molecule has 0 saturated carbocycles. The Balaban J connectivity index is 2.13. The van der Waals surface area contributed by atoms with Crippen molar-refractivity contribution in [1.29, 1.82) is 5.26 Å². The largest absolute Gasteiger partial charge is 0.497 e. The molecule has 1 atom stereocenters. The minimum Gasteiger partial charge on any atom is -0.497 e. The van der Waals surface area contributed by atoms with Gasteiger partial charge in [-0.25, -0.2) is 0 Å². The maximum absolute atomic E-state index is 12.2. The van der Waals surface area contributed by atoms with Crippen molar-refractivity contribution in [2.24, 2.45) is 0 Å². The third-order valence-electron chi connectivity index (χ3n) is 2.68. The second-order valence-corrected chi connectivity index (χ2v) is 5.43. The van der Waals surface area contributed by atoms with Crippen LogP contribution in [-0.4, -0.2) is 11.3 Å². The van der Waals surface area contributed by atoms with E-state index in [2.05, 4.69) is 6.07 Å². The first-order chi connectivity index (χ1) is 9.22. The maximum Gasteiger partial charge on any atom is 0.120 e. The van der Waals surface area contributed by atoms with Gasteiger partial charge in [0.25, 0.3) is 0 Å². The minimum absolute atomic E-state index is 0.429. The SMILES string of the molecule is COc1cccc(S(=O)Cc2ccc(C#N)cc2)c1. The van der Waals surface area contributed by atoms with Crippen LogP contribution in [0, 0.1) is 11.3 Å². The first-order valence-corrected chi connectivity index (χ1v) is 7.06. The molecule has 2 rings (SSSR count). The fraction of sp³-hybridized carbons (Fsp3) is 0.133. The molecule has 0 aromatic heterocycles. The van der Waals surface area contributed by atoms with Gasteiger partial charge >= 0.3 is 0 Å². The molecular formula is C15H13NO2S. The molecule has 0 bridgehead atoms. The van der Waals surface area contributed by atoms with E-state index in [0.717, 1.165) is 10.5 Å². The van der Waals surface area contributed by atoms with Gasteiger partial charge in [0.2, 0.25) is 0 Å². The predicted octanol–water partition coefficient (Wildman–Crippen LogP) is 2.87. The van der Waals surface area contributed by atoms with Crippen molar-refractivity contribution in [2.45, 2.75) is 10.6 Å². The summed E-state index contributed by atoms with van der Waals surface area (Å²) in [6, 6.07) is 16.4. The Hall–Kier alpha value is -2.12. The van der Waals surface area contributed by atoms with E-state index in [1.807, 2.05) is 30.3 Å². The van der Waals surface area contributed by atoms with Gasteiger partial charge in [0.05, 0.1) is 35.3 Å². The predicted molar refractivity (Wildman–Crippen MR) is 74.3 cm³/mol. The third-order valence-corrected chi connectivity index (χ3v) is 4.06. The van der Waals surface area contributed by atoms with Gasteiger partial charge in [0, 0.05) is 4.90 Å². The van der Waals surface area contributed by atoms with Gasteiger partial charge in [0.1, 0.15) is 5.75 Å². The van der Waals surface area contributed by atoms with Crippen LogP contribution in [0.5, 0.6) is 5.75 Å². The highest BCUT2D eigenvalue weighted by Crippen LogP contribution is 2.18. The van der Waals surface area contributed by atoms with E-state index in [4.69, 9.17) is 10.00 Å². The molecule has 0 aliphatic carbocycles. The topological polar surface area (TPSA) is 50.1 Å². The summed E-state index contributed by atoms with van der Waals surface area (Å²) < 4.78 is 17.3. The molecule has 0 radical (unpaired) electrons. The molecule has 0 saturated heterocycles. The Morgan fingerprint density at radius 3 is 2.58 bits per heavy atom. The molecule has 2 aromatic carbocycles. The lowest BCUT2D eigenvalue weighted by Crippen LogP contribution is -1.97. The summed E-state index contributed by atoms with van der Waals surface area (Å²) in [5.41, 5.74) is 1.55. The van der Waals surface area contributed by atoms with E-state index in [0.29, 0.717) is 17.1 Å². The molecule has 19 heavy (non-hydrogen) atoms. The van der Waals surface area contributed by atoms with E-state index >= 15 is 0 Å². The zero-order valence-electron chi connectivity index (χ0n) is 10.5. The van der Waals surface area contributed by atoms with Crippen LogP contribution >= 0.6 is 0 Å². The van der Waals surface area contributed by atoms with E-state index < -0.39 is 10.8 Å². The first kappa shape index (κ1) is 13.3. The highest BCUT2D eigenvalue weighted by atomic mass is 32.2. The highest BCUT2D eigenvalue weighted by molar-refractivity contribution is 7.84. The molecule has 0 aliphatic heterocycles. The summed E-state index contributed by atoms with van der Waals surface area (Å²) in [5, 5.41) is 8.72. The monoisotopic (exact) mass is 271 g/mol. The standard InChI is InChI=1S/C15H13NO2S/c1-18-14-3-2-4-15(9-14)19(17)11-13-7-5-12(10-16)6-8-13/h2-9H,11H2,1H3. The zero-order chi connectivity index (χ0) is 13.7. The Kier molecular flexibility index (Phi) is 4.32. The summed E-state index contributed by atoms with van der Waals surface area (Å²) in [5.74, 6) is 1.13. The van der Waals surface area contributed by atoms with Crippen LogP contribution in [0.1, 0.15) is 11.1 Å². The Bertz CT molecular complexity index is 629. The van der Waals surface area contributed by atoms with Gasteiger partial charge in [-0.05, 0) is 35.9 Å². The quantitative estimate of drug-likeness (QED) is 0.859. The third kappa shape index (κ3) is 3.43. The van der Waals surface area contributed by atoms with Crippen LogP contribution in [0.3, 0.4) is 0 Å². The lowest BCUT2D eigenvalue weighted by Gasteiger charge is -2.05. The Morgan fingerprint density at radius 1 is 1.21 bits per heavy atom. The van der Waals surface area contributed by atoms with Crippen molar-refractivity contribution < 1.29 is 8.95 Å². The van der Waals surface area contributed by atoms with Crippen molar-refractivity contribution in [2.75, 3.05) is 7.11 Å². The highest BCUT2D eigenvalue weighted by Gasteiger charge is 2.06. The summed E-state index contributed by atoms with van der Waals surface area (Å²) in [6.07, 6.45) is 0. The van der Waals surface area contributed by atoms with Gasteiger partial charge in [-0.2, -0.15) is 5.26 Å². The van der Waals surface area contributed by atoms with Crippen LogP contribution in [0.15, 0.2) is 53.4 Å². The molecule has 0 heterocycles. The number of nitrogens with zero attached hydrogens (tertiary/aromatic N) is 1. The number of nitriles is 1. The molecule has 0 N–H and O–H groups in total. The van der Waals surface area contributed by atoms with Gasteiger partial charge in [-0.1, -0.05) is 18.2 Å². The number of methoxy groups -OCH3 is 1. The van der Waals surface area contributed by atoms with E-state index in [-0.39, 0.29) is 0 Å². The lowest BCUT2D eigenvalue weighted by atomic mass is 10.2. The summed E-state index contributed by atoms with van der Waals surface area (Å²) in [4.78, 5) is 0.740. The normalized spacial score (nSPS) is 11.6. The second kappa shape index (κ2) is 6.17. The van der Waals surface area contributed by atoms with Gasteiger partial charge < -0.3 is 4.74 Å². The Morgan fingerprint density at radius 2 is 1.95 bits per heavy atom. The van der Waals surface area contributed by atoms with Gasteiger partial charge in [-0.15, -0.1) is 0 Å². The van der Waals surface area contributed by atoms with Crippen molar-refractivity contribution in [3.05, 3.63) is 59.7 Å². The van der Waals surface area contributed by atoms with Crippen LogP contribution in [-0.2, 0) is 16.6 Å². The van der Waals surface area contributed by atoms with Crippen LogP contribution < -0.4 is 4.74 Å². The van der Waals surface area contributed by atoms with Crippen LogP contribution in [0.2, 0.25) is 0 Å². The minimum atomic E-state index is -1.12. The molecule has 2 aromatic rings. The number of ether oxygens (including phenoxy) is 1. The van der Waals surface area contributed by atoms with Crippen molar-refractivity contribution in [1.82, 2.24) is 0 Å². The fourth-order valence-electron chi connectivity index (χ4n) is 1.65.